The van der Waals surface area contributed by atoms with Crippen LogP contribution in [0.5, 0.6) is 0 Å². The summed E-state index contributed by atoms with van der Waals surface area (Å²) in [5, 5.41) is 0. The molecule has 0 bridgehead atoms. The zero-order chi connectivity index (χ0) is 9.59. The summed E-state index contributed by atoms with van der Waals surface area (Å²) in [4.78, 5) is 0. The third-order valence-corrected chi connectivity index (χ3v) is 4.86. The second kappa shape index (κ2) is 7.59. The van der Waals surface area contributed by atoms with Crippen LogP contribution in [-0.2, 0) is 24.7 Å². The Morgan fingerprint density at radius 3 is 2.25 bits per heavy atom. The van der Waals surface area contributed by atoms with Crippen molar-refractivity contribution in [1.29, 1.82) is 0 Å². The smallest absolute Gasteiger partial charge is 1.00 e. The summed E-state index contributed by atoms with van der Waals surface area (Å²) in [6.07, 6.45) is 2.33. The van der Waals surface area contributed by atoms with Gasteiger partial charge in [0.25, 0.3) is 0 Å². The van der Waals surface area contributed by atoms with Gasteiger partial charge in [-0.3, -0.25) is 0 Å². The largest absolute Gasteiger partial charge is 1.00 e. The molecule has 2 rings (SSSR count). The summed E-state index contributed by atoms with van der Waals surface area (Å²) in [7, 11) is 0. The summed E-state index contributed by atoms with van der Waals surface area (Å²) in [5.41, 5.74) is 5.84. The van der Waals surface area contributed by atoms with Crippen molar-refractivity contribution in [2.24, 2.45) is 0 Å². The van der Waals surface area contributed by atoms with E-state index in [0.29, 0.717) is 3.63 Å². The molecule has 86 valence electrons. The van der Waals surface area contributed by atoms with Crippen LogP contribution >= 0.6 is 15.9 Å². The maximum atomic E-state index is 3.55. The maximum absolute atomic E-state index is 3.55. The Kier molecular flexibility index (Phi) is 9.26. The van der Waals surface area contributed by atoms with Crippen molar-refractivity contribution in [2.75, 3.05) is 0 Å². The Balaban J connectivity index is 0. The summed E-state index contributed by atoms with van der Waals surface area (Å²) < 4.78 is 1.89. The van der Waals surface area contributed by atoms with E-state index in [-0.39, 0.29) is 37.2 Å². The fourth-order valence-electron chi connectivity index (χ4n) is 1.77. The average molecular weight is 420 g/mol. The van der Waals surface area contributed by atoms with E-state index in [0.717, 1.165) is 0 Å². The standard InChI is InChI=1S/C11H10Br.3ClH.Zr/c1-7-3-9-6-10(12)5-8(2)11(9)4-7;;;;/h3-6H,1-2H3;3*1H;/q;;;;+3/p-3. The Labute approximate surface area is 139 Å². The summed E-state index contributed by atoms with van der Waals surface area (Å²) in [5.74, 6) is 0. The average Bonchev–Trinajstić information content (AvgIpc) is 2.32. The van der Waals surface area contributed by atoms with Crippen molar-refractivity contribution in [2.45, 2.75) is 17.5 Å². The van der Waals surface area contributed by atoms with Crippen molar-refractivity contribution in [3.05, 3.63) is 38.9 Å². The Morgan fingerprint density at radius 2 is 1.69 bits per heavy atom. The number of benzene rings is 1. The monoisotopic (exact) mass is 416 g/mol. The fraction of sp³-hybridized carbons (Fsp3) is 0.273. The quantitative estimate of drug-likeness (QED) is 0.394. The van der Waals surface area contributed by atoms with E-state index in [1.807, 2.05) is 0 Å². The van der Waals surface area contributed by atoms with Crippen molar-refractivity contribution >= 4 is 22.0 Å². The normalized spacial score (nSPS) is 16.3. The molecule has 16 heavy (non-hydrogen) atoms. The van der Waals surface area contributed by atoms with Gasteiger partial charge in [-0.15, -0.1) is 0 Å². The molecule has 0 amide bonds. The molecule has 1 aromatic carbocycles. The molecule has 0 fully saturated rings. The second-order valence-corrected chi connectivity index (χ2v) is 5.88. The SMILES string of the molecule is CC1=Cc2c(C)cc(Br)cc2[CH]1[Zr+3].[Cl-].[Cl-].[Cl-]. The number of aryl methyl sites for hydroxylation is 1. The van der Waals surface area contributed by atoms with E-state index in [1.54, 1.807) is 24.7 Å². The molecule has 0 heterocycles. The van der Waals surface area contributed by atoms with E-state index in [9.17, 15) is 0 Å². The number of halogens is 4. The molecule has 1 unspecified atom stereocenters. The first-order valence-electron chi connectivity index (χ1n) is 4.29. The Hall–Kier alpha value is 1.19. The van der Waals surface area contributed by atoms with E-state index < -0.39 is 0 Å². The van der Waals surface area contributed by atoms with Gasteiger partial charge in [-0.1, -0.05) is 0 Å². The van der Waals surface area contributed by atoms with Crippen LogP contribution in [0.4, 0.5) is 0 Å². The molecule has 5 heteroatoms. The summed E-state index contributed by atoms with van der Waals surface area (Å²) in [6, 6.07) is 4.45. The molecule has 1 atom stereocenters. The number of hydrogen-bond acceptors (Lipinski definition) is 0. The molecular weight excluding hydrogens is 410 g/mol. The number of hydrogen-bond donors (Lipinski definition) is 0. The van der Waals surface area contributed by atoms with Crippen molar-refractivity contribution in [1.82, 2.24) is 0 Å². The Bertz CT molecular complexity index is 404. The second-order valence-electron chi connectivity index (χ2n) is 3.55. The molecule has 1 aromatic rings. The van der Waals surface area contributed by atoms with Crippen molar-refractivity contribution in [3.8, 4) is 0 Å². The fourth-order valence-corrected chi connectivity index (χ4v) is 3.15. The summed E-state index contributed by atoms with van der Waals surface area (Å²) >= 11 is 5.14. The third-order valence-electron chi connectivity index (χ3n) is 2.52. The van der Waals surface area contributed by atoms with E-state index in [2.05, 4.69) is 48.0 Å². The van der Waals surface area contributed by atoms with E-state index in [1.165, 1.54) is 26.7 Å². The molecule has 1 aliphatic rings. The molecule has 0 spiro atoms. The molecule has 0 saturated carbocycles. The number of fused-ring (bicyclic) bond motifs is 1. The van der Waals surface area contributed by atoms with Gasteiger partial charge < -0.3 is 37.2 Å². The van der Waals surface area contributed by atoms with Crippen LogP contribution < -0.4 is 37.2 Å². The van der Waals surface area contributed by atoms with Crippen molar-refractivity contribution < 1.29 is 61.9 Å². The Morgan fingerprint density at radius 1 is 1.12 bits per heavy atom. The van der Waals surface area contributed by atoms with Gasteiger partial charge in [0.15, 0.2) is 0 Å². The minimum absolute atomic E-state index is 0. The summed E-state index contributed by atoms with van der Waals surface area (Å²) in [6.45, 7) is 4.41. The minimum atomic E-state index is 0. The van der Waals surface area contributed by atoms with Crippen LogP contribution in [-0.4, -0.2) is 0 Å². The molecule has 0 nitrogen and oxygen atoms in total. The maximum Gasteiger partial charge on any atom is -1.00 e. The first-order valence-corrected chi connectivity index (χ1v) is 6.50. The molecule has 0 aliphatic heterocycles. The topological polar surface area (TPSA) is 0 Å². The van der Waals surface area contributed by atoms with Gasteiger partial charge in [-0.2, -0.15) is 0 Å². The van der Waals surface area contributed by atoms with Gasteiger partial charge in [-0.05, 0) is 0 Å². The minimum Gasteiger partial charge on any atom is -1.00 e. The molecule has 0 saturated heterocycles. The van der Waals surface area contributed by atoms with Crippen LogP contribution in [0.3, 0.4) is 0 Å². The molecule has 0 aromatic heterocycles. The van der Waals surface area contributed by atoms with Crippen LogP contribution in [0.15, 0.2) is 22.2 Å². The zero-order valence-corrected chi connectivity index (χ0v) is 15.1. The van der Waals surface area contributed by atoms with Crippen molar-refractivity contribution in [3.63, 3.8) is 0 Å². The molecule has 0 radical (unpaired) electrons. The number of rotatable bonds is 0. The van der Waals surface area contributed by atoms with Gasteiger partial charge in [-0.25, -0.2) is 0 Å². The number of allylic oxidation sites excluding steroid dienone is 1. The van der Waals surface area contributed by atoms with Gasteiger partial charge >= 0.3 is 103 Å². The molecular formula is C11H10BrCl3Zr. The van der Waals surface area contributed by atoms with Crippen LogP contribution in [0.1, 0.15) is 27.2 Å². The first-order chi connectivity index (χ1) is 6.09. The van der Waals surface area contributed by atoms with Gasteiger partial charge in [0.2, 0.25) is 0 Å². The van der Waals surface area contributed by atoms with Crippen LogP contribution in [0.2, 0.25) is 0 Å². The predicted molar refractivity (Wildman–Crippen MR) is 55.3 cm³/mol. The van der Waals surface area contributed by atoms with E-state index >= 15 is 0 Å². The van der Waals surface area contributed by atoms with Gasteiger partial charge in [0, 0.05) is 0 Å². The van der Waals surface area contributed by atoms with Gasteiger partial charge in [0.1, 0.15) is 0 Å². The third kappa shape index (κ3) is 3.59. The molecule has 0 N–H and O–H groups in total. The predicted octanol–water partition coefficient (Wildman–Crippen LogP) is -5.23. The van der Waals surface area contributed by atoms with Gasteiger partial charge in [0.05, 0.1) is 0 Å². The van der Waals surface area contributed by atoms with Crippen LogP contribution in [0.25, 0.3) is 6.08 Å². The van der Waals surface area contributed by atoms with Crippen LogP contribution in [0, 0.1) is 6.92 Å². The van der Waals surface area contributed by atoms with E-state index in [4.69, 9.17) is 0 Å². The first kappa shape index (κ1) is 19.5. The molecule has 1 aliphatic carbocycles. The zero-order valence-electron chi connectivity index (χ0n) is 8.82.